The van der Waals surface area contributed by atoms with Crippen LogP contribution in [0.1, 0.15) is 30.0 Å². The van der Waals surface area contributed by atoms with Gasteiger partial charge in [-0.3, -0.25) is 4.79 Å². The van der Waals surface area contributed by atoms with Crippen molar-refractivity contribution in [3.8, 4) is 0 Å². The van der Waals surface area contributed by atoms with E-state index < -0.39 is 0 Å². The van der Waals surface area contributed by atoms with E-state index in [9.17, 15) is 4.79 Å². The summed E-state index contributed by atoms with van der Waals surface area (Å²) in [6.07, 6.45) is 2.31. The number of aryl methyl sites for hydroxylation is 1. The van der Waals surface area contributed by atoms with Gasteiger partial charge in [0.1, 0.15) is 11.6 Å². The lowest BCUT2D eigenvalue weighted by Crippen LogP contribution is -2.11. The van der Waals surface area contributed by atoms with E-state index in [-0.39, 0.29) is 0 Å². The van der Waals surface area contributed by atoms with Gasteiger partial charge in [-0.25, -0.2) is 9.97 Å². The molecule has 0 spiro atoms. The zero-order valence-corrected chi connectivity index (χ0v) is 8.74. The Hall–Kier alpha value is -1.45. The zero-order valence-electron chi connectivity index (χ0n) is 8.74. The molecule has 76 valence electrons. The lowest BCUT2D eigenvalue weighted by Gasteiger charge is -2.09. The van der Waals surface area contributed by atoms with E-state index in [1.54, 1.807) is 6.92 Å². The molecule has 0 aliphatic rings. The van der Waals surface area contributed by atoms with Gasteiger partial charge in [0.05, 0.1) is 5.56 Å². The Morgan fingerprint density at radius 1 is 1.57 bits per heavy atom. The van der Waals surface area contributed by atoms with E-state index in [4.69, 9.17) is 0 Å². The van der Waals surface area contributed by atoms with Crippen molar-refractivity contribution in [2.75, 3.05) is 11.9 Å². The first-order valence-corrected chi connectivity index (χ1v) is 4.66. The van der Waals surface area contributed by atoms with Crippen molar-refractivity contribution in [1.29, 1.82) is 0 Å². The smallest absolute Gasteiger partial charge is 0.155 e. The van der Waals surface area contributed by atoms with Crippen molar-refractivity contribution in [1.82, 2.24) is 9.97 Å². The second-order valence-corrected chi connectivity index (χ2v) is 3.61. The van der Waals surface area contributed by atoms with Crippen molar-refractivity contribution in [2.45, 2.75) is 20.8 Å². The molecule has 4 nitrogen and oxygen atoms in total. The summed E-state index contributed by atoms with van der Waals surface area (Å²) in [5.41, 5.74) is 0.510. The van der Waals surface area contributed by atoms with E-state index in [0.29, 0.717) is 23.1 Å². The standard InChI is InChI=1S/C10H15N3O/c1-7(2)4-12-10-9(6-14)5-11-8(3)13-10/h5-7H,4H2,1-3H3,(H,11,12,13). The summed E-state index contributed by atoms with van der Waals surface area (Å²) < 4.78 is 0. The molecule has 0 unspecified atom stereocenters. The summed E-state index contributed by atoms with van der Waals surface area (Å²) in [5.74, 6) is 1.81. The molecule has 1 aromatic heterocycles. The lowest BCUT2D eigenvalue weighted by atomic mass is 10.2. The van der Waals surface area contributed by atoms with Gasteiger partial charge in [0.2, 0.25) is 0 Å². The quantitative estimate of drug-likeness (QED) is 0.739. The maximum atomic E-state index is 10.7. The van der Waals surface area contributed by atoms with Gasteiger partial charge in [-0.15, -0.1) is 0 Å². The number of carbonyl (C=O) groups is 1. The van der Waals surface area contributed by atoms with Crippen molar-refractivity contribution in [2.24, 2.45) is 5.92 Å². The fraction of sp³-hybridized carbons (Fsp3) is 0.500. The monoisotopic (exact) mass is 193 g/mol. The van der Waals surface area contributed by atoms with Crippen molar-refractivity contribution >= 4 is 12.1 Å². The molecule has 1 rings (SSSR count). The van der Waals surface area contributed by atoms with Crippen LogP contribution >= 0.6 is 0 Å². The Kier molecular flexibility index (Phi) is 3.56. The summed E-state index contributed by atoms with van der Waals surface area (Å²) in [7, 11) is 0. The lowest BCUT2D eigenvalue weighted by molar-refractivity contribution is 0.112. The second-order valence-electron chi connectivity index (χ2n) is 3.61. The summed E-state index contributed by atoms with van der Waals surface area (Å²) in [6, 6.07) is 0. The minimum absolute atomic E-state index is 0.510. The molecule has 0 amide bonds. The summed E-state index contributed by atoms with van der Waals surface area (Å²) in [6.45, 7) is 6.80. The van der Waals surface area contributed by atoms with E-state index in [1.807, 2.05) is 0 Å². The summed E-state index contributed by atoms with van der Waals surface area (Å²) >= 11 is 0. The number of nitrogens with zero attached hydrogens (tertiary/aromatic N) is 2. The van der Waals surface area contributed by atoms with Crippen LogP contribution in [0.4, 0.5) is 5.82 Å². The third kappa shape index (κ3) is 2.80. The molecule has 0 fully saturated rings. The predicted octanol–water partition coefficient (Wildman–Crippen LogP) is 1.67. The van der Waals surface area contributed by atoms with E-state index >= 15 is 0 Å². The molecule has 0 radical (unpaired) electrons. The maximum Gasteiger partial charge on any atom is 0.155 e. The highest BCUT2D eigenvalue weighted by molar-refractivity contribution is 5.81. The second kappa shape index (κ2) is 4.69. The van der Waals surface area contributed by atoms with Crippen LogP contribution in [-0.4, -0.2) is 22.8 Å². The molecular formula is C10H15N3O. The SMILES string of the molecule is Cc1ncc(C=O)c(NCC(C)C)n1. The third-order valence-electron chi connectivity index (χ3n) is 1.74. The van der Waals surface area contributed by atoms with Gasteiger partial charge in [0, 0.05) is 12.7 Å². The highest BCUT2D eigenvalue weighted by Crippen LogP contribution is 2.09. The van der Waals surface area contributed by atoms with E-state index in [2.05, 4.69) is 29.1 Å². The van der Waals surface area contributed by atoms with Crippen LogP contribution < -0.4 is 5.32 Å². The normalized spacial score (nSPS) is 10.3. The Labute approximate surface area is 83.8 Å². The Bertz CT molecular complexity index is 323. The molecule has 4 heteroatoms. The highest BCUT2D eigenvalue weighted by atomic mass is 16.1. The molecule has 0 aromatic carbocycles. The van der Waals surface area contributed by atoms with E-state index in [0.717, 1.165) is 12.8 Å². The van der Waals surface area contributed by atoms with Gasteiger partial charge >= 0.3 is 0 Å². The third-order valence-corrected chi connectivity index (χ3v) is 1.74. The minimum Gasteiger partial charge on any atom is -0.369 e. The molecule has 1 N–H and O–H groups in total. The number of rotatable bonds is 4. The van der Waals surface area contributed by atoms with Crippen LogP contribution in [0.5, 0.6) is 0 Å². The largest absolute Gasteiger partial charge is 0.369 e. The number of nitrogens with one attached hydrogen (secondary N) is 1. The van der Waals surface area contributed by atoms with Gasteiger partial charge < -0.3 is 5.32 Å². The minimum atomic E-state index is 0.510. The number of carbonyl (C=O) groups excluding carboxylic acids is 1. The van der Waals surface area contributed by atoms with Crippen molar-refractivity contribution in [3.05, 3.63) is 17.6 Å². The first-order chi connectivity index (χ1) is 6.63. The number of hydrogen-bond donors (Lipinski definition) is 1. The van der Waals surface area contributed by atoms with Gasteiger partial charge in [0.15, 0.2) is 6.29 Å². The number of anilines is 1. The molecule has 0 aliphatic carbocycles. The topological polar surface area (TPSA) is 54.9 Å². The highest BCUT2D eigenvalue weighted by Gasteiger charge is 2.04. The fourth-order valence-electron chi connectivity index (χ4n) is 1.01. The Morgan fingerprint density at radius 2 is 2.29 bits per heavy atom. The first kappa shape index (κ1) is 10.6. The number of aldehydes is 1. The Balaban J connectivity index is 2.82. The first-order valence-electron chi connectivity index (χ1n) is 4.66. The van der Waals surface area contributed by atoms with Gasteiger partial charge in [-0.1, -0.05) is 13.8 Å². The molecule has 1 heterocycles. The molecule has 0 aliphatic heterocycles. The maximum absolute atomic E-state index is 10.7. The Morgan fingerprint density at radius 3 is 2.86 bits per heavy atom. The summed E-state index contributed by atoms with van der Waals surface area (Å²) in [4.78, 5) is 18.8. The molecule has 0 bridgehead atoms. The van der Waals surface area contributed by atoms with Crippen molar-refractivity contribution < 1.29 is 4.79 Å². The van der Waals surface area contributed by atoms with Crippen molar-refractivity contribution in [3.63, 3.8) is 0 Å². The number of aromatic nitrogens is 2. The van der Waals surface area contributed by atoms with Gasteiger partial charge in [-0.2, -0.15) is 0 Å². The molecular weight excluding hydrogens is 178 g/mol. The van der Waals surface area contributed by atoms with Crippen LogP contribution in [0.25, 0.3) is 0 Å². The zero-order chi connectivity index (χ0) is 10.6. The van der Waals surface area contributed by atoms with Crippen LogP contribution in [0.15, 0.2) is 6.20 Å². The fourth-order valence-corrected chi connectivity index (χ4v) is 1.01. The molecule has 0 saturated heterocycles. The van der Waals surface area contributed by atoms with Crippen LogP contribution in [0, 0.1) is 12.8 Å². The summed E-state index contributed by atoms with van der Waals surface area (Å²) in [5, 5.41) is 3.12. The average Bonchev–Trinajstić information content (AvgIpc) is 2.15. The molecule has 0 saturated carbocycles. The number of hydrogen-bond acceptors (Lipinski definition) is 4. The van der Waals surface area contributed by atoms with Gasteiger partial charge in [-0.05, 0) is 12.8 Å². The van der Waals surface area contributed by atoms with Crippen LogP contribution in [-0.2, 0) is 0 Å². The predicted molar refractivity (Wildman–Crippen MR) is 55.5 cm³/mol. The molecule has 1 aromatic rings. The van der Waals surface area contributed by atoms with Gasteiger partial charge in [0.25, 0.3) is 0 Å². The molecule has 14 heavy (non-hydrogen) atoms. The van der Waals surface area contributed by atoms with Crippen LogP contribution in [0.3, 0.4) is 0 Å². The molecule has 0 atom stereocenters. The van der Waals surface area contributed by atoms with E-state index in [1.165, 1.54) is 6.20 Å². The average molecular weight is 193 g/mol. The van der Waals surface area contributed by atoms with Crippen LogP contribution in [0.2, 0.25) is 0 Å².